The van der Waals surface area contributed by atoms with Crippen molar-refractivity contribution in [1.82, 2.24) is 0 Å². The van der Waals surface area contributed by atoms with E-state index in [-0.39, 0.29) is 12.1 Å². The highest BCUT2D eigenvalue weighted by atomic mass is 16.6. The molecule has 1 aliphatic rings. The second kappa shape index (κ2) is 5.21. The molecule has 0 radical (unpaired) electrons. The lowest BCUT2D eigenvalue weighted by atomic mass is 9.72. The van der Waals surface area contributed by atoms with Crippen LogP contribution in [0.4, 0.5) is 0 Å². The first-order chi connectivity index (χ1) is 10.1. The number of carbonyl (C=O) groups is 1. The van der Waals surface area contributed by atoms with Crippen LogP contribution in [-0.2, 0) is 14.9 Å². The van der Waals surface area contributed by atoms with Gasteiger partial charge in [-0.2, -0.15) is 0 Å². The van der Waals surface area contributed by atoms with Gasteiger partial charge in [-0.25, -0.2) is 0 Å². The first-order valence-electron chi connectivity index (χ1n) is 7.12. The quantitative estimate of drug-likeness (QED) is 0.629. The fourth-order valence-electron chi connectivity index (χ4n) is 2.99. The van der Waals surface area contributed by atoms with Crippen molar-refractivity contribution in [1.29, 1.82) is 0 Å². The molecule has 1 saturated heterocycles. The molecule has 1 atom stereocenters. The first-order valence-corrected chi connectivity index (χ1v) is 7.12. The largest absolute Gasteiger partial charge is 0.457 e. The molecule has 106 valence electrons. The second-order valence-electron chi connectivity index (χ2n) is 5.58. The van der Waals surface area contributed by atoms with Gasteiger partial charge in [0.1, 0.15) is 11.5 Å². The number of hydrogen-bond acceptors (Lipinski definition) is 2. The second-order valence-corrected chi connectivity index (χ2v) is 5.58. The van der Waals surface area contributed by atoms with Gasteiger partial charge < -0.3 is 4.74 Å². The van der Waals surface area contributed by atoms with Gasteiger partial charge >= 0.3 is 5.97 Å². The minimum atomic E-state index is -0.730. The van der Waals surface area contributed by atoms with Gasteiger partial charge in [-0.1, -0.05) is 67.2 Å². The summed E-state index contributed by atoms with van der Waals surface area (Å²) in [6, 6.07) is 19.7. The third-order valence-electron chi connectivity index (χ3n) is 4.17. The highest BCUT2D eigenvalue weighted by molar-refractivity contribution is 5.90. The molecule has 2 nitrogen and oxygen atoms in total. The summed E-state index contributed by atoms with van der Waals surface area (Å²) in [5.41, 5.74) is 2.11. The lowest BCUT2D eigenvalue weighted by Crippen LogP contribution is -2.33. The van der Waals surface area contributed by atoms with E-state index in [2.05, 4.69) is 6.58 Å². The van der Waals surface area contributed by atoms with Gasteiger partial charge in [-0.3, -0.25) is 4.79 Å². The standard InChI is InChI=1S/C19H18O2/c1-14(2)17-13-19(18(20)21-17,15-9-5-3-6-10-15)16-11-7-4-8-12-16/h3-12,17H,1,13H2,2H3/t17-/m1/s1. The summed E-state index contributed by atoms with van der Waals surface area (Å²) >= 11 is 0. The Morgan fingerprint density at radius 3 is 1.90 bits per heavy atom. The van der Waals surface area contributed by atoms with Crippen molar-refractivity contribution in [2.24, 2.45) is 0 Å². The number of carbonyl (C=O) groups excluding carboxylic acids is 1. The van der Waals surface area contributed by atoms with E-state index in [4.69, 9.17) is 4.74 Å². The molecule has 0 unspecified atom stereocenters. The van der Waals surface area contributed by atoms with E-state index < -0.39 is 5.41 Å². The fraction of sp³-hybridized carbons (Fsp3) is 0.211. The van der Waals surface area contributed by atoms with Gasteiger partial charge in [0, 0.05) is 6.42 Å². The number of benzene rings is 2. The molecule has 21 heavy (non-hydrogen) atoms. The van der Waals surface area contributed by atoms with Crippen LogP contribution in [0.2, 0.25) is 0 Å². The highest BCUT2D eigenvalue weighted by Gasteiger charge is 2.51. The SMILES string of the molecule is C=C(C)[C@H]1CC(c2ccccc2)(c2ccccc2)C(=O)O1. The zero-order valence-corrected chi connectivity index (χ0v) is 12.1. The van der Waals surface area contributed by atoms with Crippen molar-refractivity contribution >= 4 is 5.97 Å². The first kappa shape index (κ1) is 13.6. The molecular formula is C19H18O2. The van der Waals surface area contributed by atoms with Crippen LogP contribution in [0.5, 0.6) is 0 Å². The monoisotopic (exact) mass is 278 g/mol. The fourth-order valence-corrected chi connectivity index (χ4v) is 2.99. The maximum atomic E-state index is 12.7. The van der Waals surface area contributed by atoms with E-state index in [1.54, 1.807) is 0 Å². The molecule has 3 rings (SSSR count). The third-order valence-corrected chi connectivity index (χ3v) is 4.17. The van der Waals surface area contributed by atoms with Crippen LogP contribution in [0.3, 0.4) is 0 Å². The van der Waals surface area contributed by atoms with Crippen LogP contribution in [0.15, 0.2) is 72.8 Å². The Morgan fingerprint density at radius 2 is 1.52 bits per heavy atom. The van der Waals surface area contributed by atoms with E-state index in [1.165, 1.54) is 0 Å². The Hall–Kier alpha value is -2.35. The molecule has 0 aliphatic carbocycles. The van der Waals surface area contributed by atoms with Gasteiger partial charge in [-0.05, 0) is 23.6 Å². The van der Waals surface area contributed by atoms with Crippen LogP contribution >= 0.6 is 0 Å². The van der Waals surface area contributed by atoms with Gasteiger partial charge in [0.25, 0.3) is 0 Å². The molecule has 0 saturated carbocycles. The molecule has 1 fully saturated rings. The minimum Gasteiger partial charge on any atom is -0.457 e. The summed E-state index contributed by atoms with van der Waals surface area (Å²) in [5, 5.41) is 0. The van der Waals surface area contributed by atoms with Crippen LogP contribution in [-0.4, -0.2) is 12.1 Å². The van der Waals surface area contributed by atoms with E-state index in [9.17, 15) is 4.79 Å². The van der Waals surface area contributed by atoms with Crippen LogP contribution in [0.25, 0.3) is 0 Å². The van der Waals surface area contributed by atoms with Crippen LogP contribution in [0, 0.1) is 0 Å². The van der Waals surface area contributed by atoms with Gasteiger partial charge in [0.15, 0.2) is 0 Å². The predicted octanol–water partition coefficient (Wildman–Crippen LogP) is 3.86. The zero-order chi connectivity index (χ0) is 14.9. The average molecular weight is 278 g/mol. The Bertz CT molecular complexity index is 619. The Labute approximate surface area is 125 Å². The van der Waals surface area contributed by atoms with Crippen molar-refractivity contribution in [3.63, 3.8) is 0 Å². The third kappa shape index (κ3) is 2.17. The lowest BCUT2D eigenvalue weighted by molar-refractivity contribution is -0.143. The summed E-state index contributed by atoms with van der Waals surface area (Å²) in [6.07, 6.45) is 0.382. The topological polar surface area (TPSA) is 26.3 Å². The normalized spacial score (nSPS) is 20.0. The molecule has 1 heterocycles. The Balaban J connectivity index is 2.18. The molecule has 2 heteroatoms. The van der Waals surface area contributed by atoms with E-state index in [1.807, 2.05) is 67.6 Å². The summed E-state index contributed by atoms with van der Waals surface area (Å²) < 4.78 is 5.61. The van der Waals surface area contributed by atoms with Gasteiger partial charge in [0.2, 0.25) is 0 Å². The molecule has 2 aromatic carbocycles. The van der Waals surface area contributed by atoms with Crippen molar-refractivity contribution in [2.45, 2.75) is 24.9 Å². The summed E-state index contributed by atoms with van der Waals surface area (Å²) in [6.45, 7) is 5.85. The number of cyclic esters (lactones) is 1. The van der Waals surface area contributed by atoms with Crippen molar-refractivity contribution in [3.05, 3.63) is 83.9 Å². The zero-order valence-electron chi connectivity index (χ0n) is 12.1. The molecule has 0 bridgehead atoms. The molecule has 0 N–H and O–H groups in total. The van der Waals surface area contributed by atoms with E-state index in [0.29, 0.717) is 6.42 Å². The van der Waals surface area contributed by atoms with E-state index >= 15 is 0 Å². The van der Waals surface area contributed by atoms with Gasteiger partial charge in [0.05, 0.1) is 0 Å². The van der Waals surface area contributed by atoms with E-state index in [0.717, 1.165) is 16.7 Å². The smallest absolute Gasteiger partial charge is 0.321 e. The molecule has 0 amide bonds. The number of ether oxygens (including phenoxy) is 1. The maximum Gasteiger partial charge on any atom is 0.321 e. The predicted molar refractivity (Wildman–Crippen MR) is 83.0 cm³/mol. The average Bonchev–Trinajstić information content (AvgIpc) is 2.88. The van der Waals surface area contributed by atoms with Crippen LogP contribution in [0.1, 0.15) is 24.5 Å². The lowest BCUT2D eigenvalue weighted by Gasteiger charge is -2.26. The number of hydrogen-bond donors (Lipinski definition) is 0. The van der Waals surface area contributed by atoms with Crippen molar-refractivity contribution in [2.75, 3.05) is 0 Å². The number of rotatable bonds is 3. The molecule has 2 aromatic rings. The molecule has 1 aliphatic heterocycles. The highest BCUT2D eigenvalue weighted by Crippen LogP contribution is 2.44. The molecule has 0 spiro atoms. The van der Waals surface area contributed by atoms with Gasteiger partial charge in [-0.15, -0.1) is 0 Å². The summed E-state index contributed by atoms with van der Waals surface area (Å²) in [5.74, 6) is -0.187. The minimum absolute atomic E-state index is 0.187. The molecule has 0 aromatic heterocycles. The van der Waals surface area contributed by atoms with Crippen molar-refractivity contribution in [3.8, 4) is 0 Å². The number of esters is 1. The summed E-state index contributed by atoms with van der Waals surface area (Å²) in [7, 11) is 0. The van der Waals surface area contributed by atoms with Crippen LogP contribution < -0.4 is 0 Å². The summed E-state index contributed by atoms with van der Waals surface area (Å²) in [4.78, 5) is 12.7. The Morgan fingerprint density at radius 1 is 1.05 bits per heavy atom. The van der Waals surface area contributed by atoms with Crippen molar-refractivity contribution < 1.29 is 9.53 Å². The molecular weight excluding hydrogens is 260 g/mol. The maximum absolute atomic E-state index is 12.7. The Kier molecular flexibility index (Phi) is 3.38.